The molecule has 0 amide bonds. The summed E-state index contributed by atoms with van der Waals surface area (Å²) in [6.07, 6.45) is 9.70. The van der Waals surface area contributed by atoms with Crippen LogP contribution in [0.4, 0.5) is 11.4 Å². The third-order valence-corrected chi connectivity index (χ3v) is 13.4. The van der Waals surface area contributed by atoms with Crippen molar-refractivity contribution in [1.29, 1.82) is 0 Å². The van der Waals surface area contributed by atoms with E-state index >= 15 is 0 Å². The number of ether oxygens (including phenoxy) is 4. The SMILES string of the molecule is C1CCOC1.C1CCOC1.COC(=O)c1ccc(N)c(N)c1.COC(=O)c1ccc2nc(Cc3ccccc3)[nH]c2c1.O=CCc1ccccc1.O=Cc1ccc2nc(Cc3ccccc3)[nH]c2c1.OCc1ccc2nc(Cc3ccccc3)[nH]c2c1.[O]=[Mn]=[O]. The van der Waals surface area contributed by atoms with Gasteiger partial charge in [-0.1, -0.05) is 127 Å². The van der Waals surface area contributed by atoms with Crippen molar-refractivity contribution in [2.75, 3.05) is 52.1 Å². The number of H-pyrrole nitrogens is 3. The summed E-state index contributed by atoms with van der Waals surface area (Å²) >= 11 is -1.44. The summed E-state index contributed by atoms with van der Waals surface area (Å²) in [5.41, 5.74) is 24.4. The van der Waals surface area contributed by atoms with Crippen LogP contribution in [0, 0.1) is 0 Å². The predicted molar refractivity (Wildman–Crippen MR) is 343 cm³/mol. The quantitative estimate of drug-likeness (QED) is 0.0287. The van der Waals surface area contributed by atoms with E-state index < -0.39 is 20.8 Å². The van der Waals surface area contributed by atoms with Gasteiger partial charge in [0.15, 0.2) is 0 Å². The number of nitrogens with one attached hydrogen (secondary N) is 3. The molecule has 90 heavy (non-hydrogen) atoms. The second-order valence-electron chi connectivity index (χ2n) is 20.1. The van der Waals surface area contributed by atoms with E-state index in [2.05, 4.69) is 71.0 Å². The number of carbonyl (C=O) groups excluding carboxylic acids is 4. The third-order valence-electron chi connectivity index (χ3n) is 13.4. The van der Waals surface area contributed by atoms with Gasteiger partial charge >= 0.3 is 34.4 Å². The zero-order chi connectivity index (χ0) is 64.1. The number of carbonyl (C=O) groups is 4. The number of aliphatic hydroxyl groups excluding tert-OH is 1. The van der Waals surface area contributed by atoms with E-state index in [1.54, 1.807) is 30.3 Å². The van der Waals surface area contributed by atoms with Gasteiger partial charge in [-0.2, -0.15) is 0 Å². The molecule has 2 aliphatic rings. The van der Waals surface area contributed by atoms with Crippen LogP contribution in [0.3, 0.4) is 0 Å². The van der Waals surface area contributed by atoms with E-state index in [1.165, 1.54) is 62.7 Å². The fraction of sp³-hybridized carbons (Fsp3) is 0.214. The Morgan fingerprint density at radius 2 is 0.867 bits per heavy atom. The maximum atomic E-state index is 11.5. The van der Waals surface area contributed by atoms with Crippen LogP contribution in [-0.2, 0) is 78.5 Å². The van der Waals surface area contributed by atoms with Crippen LogP contribution in [0.2, 0.25) is 0 Å². The van der Waals surface area contributed by atoms with Gasteiger partial charge in [0, 0.05) is 57.7 Å². The molecule has 3 aromatic heterocycles. The van der Waals surface area contributed by atoms with Gasteiger partial charge in [-0.15, -0.1) is 0 Å². The Morgan fingerprint density at radius 3 is 1.24 bits per heavy atom. The molecule has 8 N–H and O–H groups in total. The number of nitrogen functional groups attached to an aromatic ring is 2. The van der Waals surface area contributed by atoms with Gasteiger partial charge in [0.05, 0.1) is 76.4 Å². The monoisotopic (exact) mass is 1260 g/mol. The van der Waals surface area contributed by atoms with Crippen molar-refractivity contribution in [3.05, 3.63) is 256 Å². The predicted octanol–water partition coefficient (Wildman–Crippen LogP) is 12.0. The van der Waals surface area contributed by atoms with E-state index in [0.29, 0.717) is 34.5 Å². The Morgan fingerprint density at radius 1 is 0.489 bits per heavy atom. The van der Waals surface area contributed by atoms with Crippen LogP contribution in [0.5, 0.6) is 0 Å². The summed E-state index contributed by atoms with van der Waals surface area (Å²) < 4.78 is 35.9. The molecule has 0 bridgehead atoms. The zero-order valence-corrected chi connectivity index (χ0v) is 51.4. The first kappa shape index (κ1) is 69.2. The topological polar surface area (TPSA) is 298 Å². The Hall–Kier alpha value is -9.95. The van der Waals surface area contributed by atoms with Gasteiger partial charge in [0.25, 0.3) is 0 Å². The summed E-state index contributed by atoms with van der Waals surface area (Å²) in [4.78, 5) is 66.5. The number of benzene rings is 8. The summed E-state index contributed by atoms with van der Waals surface area (Å²) in [7, 11) is 2.69. The fourth-order valence-corrected chi connectivity index (χ4v) is 8.84. The number of hydrogen-bond acceptors (Lipinski definition) is 16. The molecule has 19 nitrogen and oxygen atoms in total. The molecule has 0 aliphatic carbocycles. The minimum absolute atomic E-state index is 0.0585. The first-order valence-corrected chi connectivity index (χ1v) is 29.9. The van der Waals surface area contributed by atoms with Crippen molar-refractivity contribution in [1.82, 2.24) is 29.9 Å². The fourth-order valence-electron chi connectivity index (χ4n) is 8.84. The molecule has 0 spiro atoms. The van der Waals surface area contributed by atoms with Crippen molar-refractivity contribution in [3.63, 3.8) is 0 Å². The molecule has 20 heteroatoms. The number of nitrogens with two attached hydrogens (primary N) is 2. The second kappa shape index (κ2) is 39.0. The number of anilines is 2. The Balaban J connectivity index is 0.000000173. The van der Waals surface area contributed by atoms with Crippen molar-refractivity contribution in [2.24, 2.45) is 0 Å². The number of rotatable bonds is 12. The van der Waals surface area contributed by atoms with Gasteiger partial charge in [-0.05, 0) is 120 Å². The molecule has 467 valence electrons. The molecule has 2 fully saturated rings. The Labute approximate surface area is 528 Å². The van der Waals surface area contributed by atoms with Crippen LogP contribution >= 0.6 is 0 Å². The maximum absolute atomic E-state index is 11.5. The molecule has 11 aromatic rings. The molecule has 0 radical (unpaired) electrons. The van der Waals surface area contributed by atoms with Crippen LogP contribution in [0.15, 0.2) is 194 Å². The normalized spacial score (nSPS) is 11.6. The van der Waals surface area contributed by atoms with E-state index in [9.17, 15) is 19.2 Å². The van der Waals surface area contributed by atoms with Crippen molar-refractivity contribution < 1.29 is 65.7 Å². The number of aldehydes is 2. The van der Waals surface area contributed by atoms with Gasteiger partial charge in [-0.3, -0.25) is 4.79 Å². The molecule has 0 unspecified atom stereocenters. The molecule has 8 aromatic carbocycles. The van der Waals surface area contributed by atoms with Gasteiger partial charge in [0.2, 0.25) is 0 Å². The first-order valence-electron chi connectivity index (χ1n) is 28.9. The van der Waals surface area contributed by atoms with Crippen molar-refractivity contribution in [3.8, 4) is 0 Å². The van der Waals surface area contributed by atoms with Crippen LogP contribution in [0.25, 0.3) is 33.1 Å². The molecule has 2 aliphatic heterocycles. The molecule has 2 saturated heterocycles. The molecular formula is C70H74MnN8O11. The number of nitrogens with zero attached hydrogens (tertiary/aromatic N) is 3. The molecule has 0 saturated carbocycles. The number of esters is 2. The van der Waals surface area contributed by atoms with E-state index in [1.807, 2.05) is 121 Å². The molecular weight excluding hydrogens is 1180 g/mol. The van der Waals surface area contributed by atoms with Gasteiger partial charge in [0.1, 0.15) is 30.0 Å². The Bertz CT molecular complexity index is 3940. The first-order chi connectivity index (χ1) is 43.9. The van der Waals surface area contributed by atoms with Crippen molar-refractivity contribution >= 4 is 69.0 Å². The van der Waals surface area contributed by atoms with E-state index in [-0.39, 0.29) is 12.6 Å². The summed E-state index contributed by atoms with van der Waals surface area (Å²) in [5, 5.41) is 9.10. The van der Waals surface area contributed by atoms with Crippen LogP contribution in [0.1, 0.15) is 102 Å². The summed E-state index contributed by atoms with van der Waals surface area (Å²) in [6.45, 7) is 4.06. The van der Waals surface area contributed by atoms with Crippen LogP contribution < -0.4 is 11.5 Å². The number of aliphatic hydroxyl groups is 1. The standard InChI is InChI=1S/C16H14N2O2.C15H14N2O.C15H12N2O.C8H10N2O2.C8H8O.2C4H8O.Mn.2O/c1-20-16(19)12-7-8-13-14(10-12)18-15(17-13)9-11-5-3-2-4-6-11;2*18-10-12-6-7-13-14(8-12)17-15(16-13)9-11-4-2-1-3-5-11;1-12-8(11)5-2-3-6(9)7(10)4-5;9-7-6-8-4-2-1-3-5-8;2*1-2-4-5-3-1;;;/h2-8,10H,9H2,1H3,(H,17,18);1-8,18H,9-10H2,(H,16,17);1-8,10H,9H2,(H,16,17);2-4H,9-10H2,1H3;1-5,7H,6H2;2*1-4H2;;;. The van der Waals surface area contributed by atoms with Gasteiger partial charge < -0.3 is 55.3 Å². The molecule has 5 heterocycles. The zero-order valence-electron chi connectivity index (χ0n) is 50.2. The average molecular weight is 1260 g/mol. The number of imidazole rings is 3. The third kappa shape index (κ3) is 24.0. The summed E-state index contributed by atoms with van der Waals surface area (Å²) in [5.74, 6) is 1.99. The van der Waals surface area contributed by atoms with Crippen LogP contribution in [-0.4, -0.2) is 100 Å². The summed E-state index contributed by atoms with van der Waals surface area (Å²) in [6, 6.07) is 61.4. The number of aromatic nitrogens is 6. The molecule has 0 atom stereocenters. The van der Waals surface area contributed by atoms with Gasteiger partial charge in [-0.25, -0.2) is 24.5 Å². The Kier molecular flexibility index (Phi) is 30.0. The minimum atomic E-state index is -1.44. The number of hydrogen-bond donors (Lipinski definition) is 6. The number of methoxy groups -OCH3 is 2. The average Bonchev–Trinajstić information content (AvgIpc) is 2.76. The number of aromatic amines is 3. The number of fused-ring (bicyclic) bond motifs is 3. The molecule has 13 rings (SSSR count). The van der Waals surface area contributed by atoms with Crippen molar-refractivity contribution in [2.45, 2.75) is 58.0 Å². The van der Waals surface area contributed by atoms with E-state index in [0.717, 1.165) is 120 Å². The van der Waals surface area contributed by atoms with E-state index in [4.69, 9.17) is 38.5 Å². The second-order valence-corrected chi connectivity index (χ2v) is 20.3.